The van der Waals surface area contributed by atoms with E-state index in [2.05, 4.69) is 24.3 Å². The third kappa shape index (κ3) is 4.76. The van der Waals surface area contributed by atoms with Gasteiger partial charge in [-0.1, -0.05) is 36.4 Å². The average molecular weight is 427 g/mol. The van der Waals surface area contributed by atoms with E-state index in [0.717, 1.165) is 50.1 Å². The van der Waals surface area contributed by atoms with Gasteiger partial charge in [-0.05, 0) is 55.0 Å². The molecule has 4 rings (SSSR count). The van der Waals surface area contributed by atoms with Crippen LogP contribution in [0.1, 0.15) is 40.9 Å². The van der Waals surface area contributed by atoms with Gasteiger partial charge in [0.15, 0.2) is 0 Å². The molecule has 2 aliphatic rings. The highest BCUT2D eigenvalue weighted by molar-refractivity contribution is 7.12. The van der Waals surface area contributed by atoms with Crippen LogP contribution in [-0.2, 0) is 16.0 Å². The van der Waals surface area contributed by atoms with Crippen molar-refractivity contribution in [2.45, 2.75) is 44.2 Å². The molecule has 2 aliphatic heterocycles. The highest BCUT2D eigenvalue weighted by atomic mass is 32.1. The van der Waals surface area contributed by atoms with Crippen molar-refractivity contribution in [3.05, 3.63) is 58.3 Å². The zero-order valence-electron chi connectivity index (χ0n) is 17.5. The molecule has 3 heterocycles. The molecule has 0 aliphatic carbocycles. The topological polar surface area (TPSA) is 49.9 Å². The Balaban J connectivity index is 1.45. The van der Waals surface area contributed by atoms with Crippen molar-refractivity contribution in [3.8, 4) is 0 Å². The summed E-state index contributed by atoms with van der Waals surface area (Å²) in [7, 11) is 1.93. The van der Waals surface area contributed by atoms with Gasteiger partial charge in [-0.15, -0.1) is 11.3 Å². The van der Waals surface area contributed by atoms with E-state index in [4.69, 9.17) is 4.74 Å². The van der Waals surface area contributed by atoms with Gasteiger partial charge in [0.25, 0.3) is 11.8 Å². The minimum Gasteiger partial charge on any atom is -0.368 e. The molecule has 2 fully saturated rings. The molecule has 0 saturated carbocycles. The Morgan fingerprint density at radius 1 is 1.13 bits per heavy atom. The zero-order valence-corrected chi connectivity index (χ0v) is 18.4. The van der Waals surface area contributed by atoms with Crippen LogP contribution in [0.5, 0.6) is 0 Å². The fourth-order valence-corrected chi connectivity index (χ4v) is 5.39. The number of benzene rings is 1. The first-order valence-corrected chi connectivity index (χ1v) is 11.8. The van der Waals surface area contributed by atoms with Gasteiger partial charge in [-0.25, -0.2) is 0 Å². The third-order valence-corrected chi connectivity index (χ3v) is 7.30. The van der Waals surface area contributed by atoms with Crippen LogP contribution in [0, 0.1) is 5.92 Å². The Hall–Kier alpha value is -2.18. The Morgan fingerprint density at radius 3 is 2.53 bits per heavy atom. The van der Waals surface area contributed by atoms with E-state index in [1.54, 1.807) is 0 Å². The van der Waals surface area contributed by atoms with Crippen LogP contribution in [-0.4, -0.2) is 60.5 Å². The van der Waals surface area contributed by atoms with Gasteiger partial charge in [0.05, 0.1) is 4.88 Å². The van der Waals surface area contributed by atoms with Crippen LogP contribution in [0.25, 0.3) is 0 Å². The number of carbonyl (C=O) groups is 2. The molecule has 6 heteroatoms. The molecule has 1 aromatic heterocycles. The number of likely N-dealkylation sites (tertiary alicyclic amines) is 1. The van der Waals surface area contributed by atoms with Crippen molar-refractivity contribution < 1.29 is 14.3 Å². The van der Waals surface area contributed by atoms with Crippen molar-refractivity contribution in [1.29, 1.82) is 0 Å². The fourth-order valence-electron chi connectivity index (χ4n) is 4.68. The first-order chi connectivity index (χ1) is 14.6. The average Bonchev–Trinajstić information content (AvgIpc) is 3.51. The summed E-state index contributed by atoms with van der Waals surface area (Å²) < 4.78 is 5.59. The summed E-state index contributed by atoms with van der Waals surface area (Å²) in [4.78, 5) is 30.5. The van der Waals surface area contributed by atoms with E-state index in [0.29, 0.717) is 12.5 Å². The number of rotatable bonds is 6. The van der Waals surface area contributed by atoms with Crippen LogP contribution in [0.15, 0.2) is 47.8 Å². The number of piperidine rings is 1. The second-order valence-corrected chi connectivity index (χ2v) is 9.26. The van der Waals surface area contributed by atoms with Crippen LogP contribution >= 0.6 is 11.3 Å². The molecule has 2 aromatic rings. The molecular weight excluding hydrogens is 396 g/mol. The summed E-state index contributed by atoms with van der Waals surface area (Å²) in [5.41, 5.74) is 1.24. The number of likely N-dealkylation sites (N-methyl/N-ethyl adjacent to an activating group) is 1. The van der Waals surface area contributed by atoms with E-state index in [1.165, 1.54) is 16.9 Å². The molecule has 5 nitrogen and oxygen atoms in total. The number of thiophene rings is 1. The summed E-state index contributed by atoms with van der Waals surface area (Å²) in [5.74, 6) is 0.602. The summed E-state index contributed by atoms with van der Waals surface area (Å²) >= 11 is 1.49. The molecule has 30 heavy (non-hydrogen) atoms. The standard InChI is InChI=1S/C24H30N2O3S/c1-25(24(28)22-10-6-16-30-22)20(17-18-7-3-2-4-8-18)19-11-13-26(14-12-19)23(27)21-9-5-15-29-21/h2-4,6-8,10,16,19-21H,5,9,11-15,17H2,1H3. The molecule has 2 unspecified atom stereocenters. The predicted molar refractivity (Wildman–Crippen MR) is 119 cm³/mol. The normalized spacial score (nSPS) is 20.8. The lowest BCUT2D eigenvalue weighted by atomic mass is 9.84. The zero-order chi connectivity index (χ0) is 20.9. The summed E-state index contributed by atoms with van der Waals surface area (Å²) in [6.07, 6.45) is 4.23. The Kier molecular flexibility index (Phi) is 6.85. The molecule has 160 valence electrons. The van der Waals surface area contributed by atoms with Gasteiger partial charge in [0.1, 0.15) is 6.10 Å². The first kappa shape index (κ1) is 21.1. The smallest absolute Gasteiger partial charge is 0.263 e. The lowest BCUT2D eigenvalue weighted by Gasteiger charge is -2.40. The molecule has 0 spiro atoms. The van der Waals surface area contributed by atoms with Gasteiger partial charge < -0.3 is 14.5 Å². The van der Waals surface area contributed by atoms with Crippen LogP contribution in [0.4, 0.5) is 0 Å². The largest absolute Gasteiger partial charge is 0.368 e. The van der Waals surface area contributed by atoms with Gasteiger partial charge in [-0.2, -0.15) is 0 Å². The lowest BCUT2D eigenvalue weighted by Crippen LogP contribution is -2.49. The summed E-state index contributed by atoms with van der Waals surface area (Å²) in [6.45, 7) is 2.19. The Bertz CT molecular complexity index is 825. The molecule has 0 N–H and O–H groups in total. The third-order valence-electron chi connectivity index (χ3n) is 6.44. The molecular formula is C24H30N2O3S. The number of amides is 2. The minimum absolute atomic E-state index is 0.0868. The van der Waals surface area contributed by atoms with Crippen molar-refractivity contribution >= 4 is 23.2 Å². The van der Waals surface area contributed by atoms with E-state index in [9.17, 15) is 9.59 Å². The van der Waals surface area contributed by atoms with E-state index < -0.39 is 0 Å². The second kappa shape index (κ2) is 9.75. The maximum atomic E-state index is 13.1. The molecule has 1 aromatic carbocycles. The van der Waals surface area contributed by atoms with Gasteiger partial charge in [0.2, 0.25) is 0 Å². The number of carbonyl (C=O) groups excluding carboxylic acids is 2. The minimum atomic E-state index is -0.246. The number of nitrogens with zero attached hydrogens (tertiary/aromatic N) is 2. The number of hydrogen-bond acceptors (Lipinski definition) is 4. The SMILES string of the molecule is CN(C(=O)c1cccs1)C(Cc1ccccc1)C1CCN(C(=O)C2CCCO2)CC1. The van der Waals surface area contributed by atoms with Crippen LogP contribution in [0.3, 0.4) is 0 Å². The van der Waals surface area contributed by atoms with Crippen molar-refractivity contribution in [3.63, 3.8) is 0 Å². The second-order valence-electron chi connectivity index (χ2n) is 8.31. The van der Waals surface area contributed by atoms with Gasteiger partial charge in [0, 0.05) is 32.8 Å². The predicted octanol–water partition coefficient (Wildman–Crippen LogP) is 3.85. The highest BCUT2D eigenvalue weighted by Crippen LogP contribution is 2.29. The van der Waals surface area contributed by atoms with Gasteiger partial charge in [-0.3, -0.25) is 9.59 Å². The van der Waals surface area contributed by atoms with Gasteiger partial charge >= 0.3 is 0 Å². The monoisotopic (exact) mass is 426 g/mol. The highest BCUT2D eigenvalue weighted by Gasteiger charge is 2.35. The van der Waals surface area contributed by atoms with Crippen LogP contribution in [0.2, 0.25) is 0 Å². The van der Waals surface area contributed by atoms with Crippen molar-refractivity contribution in [2.24, 2.45) is 5.92 Å². The summed E-state index contributed by atoms with van der Waals surface area (Å²) in [6, 6.07) is 14.3. The number of hydrogen-bond donors (Lipinski definition) is 0. The quantitative estimate of drug-likeness (QED) is 0.705. The van der Waals surface area contributed by atoms with E-state index in [-0.39, 0.29) is 24.0 Å². The molecule has 2 atom stereocenters. The molecule has 2 amide bonds. The van der Waals surface area contributed by atoms with Crippen LogP contribution < -0.4 is 0 Å². The molecule has 0 radical (unpaired) electrons. The maximum Gasteiger partial charge on any atom is 0.263 e. The Labute approximate surface area is 182 Å². The molecule has 2 saturated heterocycles. The van der Waals surface area contributed by atoms with E-state index in [1.807, 2.05) is 40.4 Å². The number of ether oxygens (including phenoxy) is 1. The summed E-state index contributed by atoms with van der Waals surface area (Å²) in [5, 5.41) is 1.95. The van der Waals surface area contributed by atoms with Crippen molar-refractivity contribution in [1.82, 2.24) is 9.80 Å². The van der Waals surface area contributed by atoms with Crippen molar-refractivity contribution in [2.75, 3.05) is 26.7 Å². The lowest BCUT2D eigenvalue weighted by molar-refractivity contribution is -0.142. The maximum absolute atomic E-state index is 13.1. The Morgan fingerprint density at radius 2 is 1.90 bits per heavy atom. The molecule has 0 bridgehead atoms. The first-order valence-electron chi connectivity index (χ1n) is 10.9. The van der Waals surface area contributed by atoms with E-state index >= 15 is 0 Å². The fraction of sp³-hybridized carbons (Fsp3) is 0.500.